The first-order valence-corrected chi connectivity index (χ1v) is 10.6. The van der Waals surface area contributed by atoms with Gasteiger partial charge in [0.25, 0.3) is 5.91 Å². The molecule has 2 aromatic heterocycles. The normalized spacial score (nSPS) is 14.4. The fourth-order valence-electron chi connectivity index (χ4n) is 3.60. The summed E-state index contributed by atoms with van der Waals surface area (Å²) in [7, 11) is -1.45. The predicted octanol–water partition coefficient (Wildman–Crippen LogP) is 2.27. The molecule has 1 aliphatic rings. The van der Waals surface area contributed by atoms with Crippen molar-refractivity contribution in [2.45, 2.75) is 24.7 Å². The van der Waals surface area contributed by atoms with Gasteiger partial charge in [-0.2, -0.15) is 5.10 Å². The van der Waals surface area contributed by atoms with Crippen LogP contribution in [0.1, 0.15) is 28.0 Å². The van der Waals surface area contributed by atoms with Crippen LogP contribution in [0.4, 0.5) is 5.69 Å². The van der Waals surface area contributed by atoms with Gasteiger partial charge in [0.15, 0.2) is 15.5 Å². The summed E-state index contributed by atoms with van der Waals surface area (Å²) < 4.78 is 25.3. The first-order chi connectivity index (χ1) is 12.8. The lowest BCUT2D eigenvalue weighted by Gasteiger charge is -2.29. The third kappa shape index (κ3) is 2.99. The fourth-order valence-corrected chi connectivity index (χ4v) is 4.27. The van der Waals surface area contributed by atoms with Gasteiger partial charge in [0.2, 0.25) is 0 Å². The third-order valence-corrected chi connectivity index (χ3v) is 6.06. The average Bonchev–Trinajstić information content (AvgIpc) is 2.93. The van der Waals surface area contributed by atoms with Crippen molar-refractivity contribution in [3.63, 3.8) is 0 Å². The average molecular weight is 384 g/mol. The van der Waals surface area contributed by atoms with Crippen molar-refractivity contribution >= 4 is 32.5 Å². The van der Waals surface area contributed by atoms with Crippen molar-refractivity contribution in [3.8, 4) is 0 Å². The molecule has 1 aliphatic heterocycles. The zero-order valence-corrected chi connectivity index (χ0v) is 16.2. The third-order valence-electron chi connectivity index (χ3n) is 4.95. The van der Waals surface area contributed by atoms with Crippen LogP contribution in [-0.4, -0.2) is 41.9 Å². The Morgan fingerprint density at radius 1 is 1.22 bits per heavy atom. The topological polar surface area (TPSA) is 85.2 Å². The molecule has 4 rings (SSSR count). The molecule has 0 unspecified atom stereocenters. The second-order valence-electron chi connectivity index (χ2n) is 6.93. The maximum absolute atomic E-state index is 13.1. The molecule has 1 aromatic carbocycles. The van der Waals surface area contributed by atoms with Gasteiger partial charge in [-0.05, 0) is 49.6 Å². The Bertz CT molecular complexity index is 1180. The molecule has 0 aliphatic carbocycles. The molecule has 0 radical (unpaired) electrons. The number of hydrogen-bond donors (Lipinski definition) is 0. The number of aromatic nitrogens is 3. The number of sulfone groups is 1. The molecule has 1 amide bonds. The molecule has 0 saturated carbocycles. The molecule has 3 heterocycles. The fraction of sp³-hybridized carbons (Fsp3) is 0.316. The minimum atomic E-state index is -3.28. The van der Waals surface area contributed by atoms with Crippen LogP contribution >= 0.6 is 0 Å². The molecule has 27 heavy (non-hydrogen) atoms. The SMILES string of the molecule is Cc1nn(C)c2ncc(C(=O)N3CCCc4cc(S(C)(=O)=O)ccc43)cc12. The van der Waals surface area contributed by atoms with E-state index in [1.807, 2.05) is 20.0 Å². The summed E-state index contributed by atoms with van der Waals surface area (Å²) in [4.78, 5) is 19.5. The number of carbonyl (C=O) groups excluding carboxylic acids is 1. The molecule has 8 heteroatoms. The maximum atomic E-state index is 13.1. The van der Waals surface area contributed by atoms with Crippen molar-refractivity contribution < 1.29 is 13.2 Å². The second-order valence-corrected chi connectivity index (χ2v) is 8.94. The van der Waals surface area contributed by atoms with Crippen LogP contribution in [0.15, 0.2) is 35.4 Å². The van der Waals surface area contributed by atoms with Crippen molar-refractivity contribution in [2.24, 2.45) is 7.05 Å². The molecular formula is C19H20N4O3S. The molecular weight excluding hydrogens is 364 g/mol. The first-order valence-electron chi connectivity index (χ1n) is 8.70. The first kappa shape index (κ1) is 17.7. The number of benzene rings is 1. The van der Waals surface area contributed by atoms with Gasteiger partial charge in [0.1, 0.15) is 0 Å². The molecule has 0 atom stereocenters. The van der Waals surface area contributed by atoms with Gasteiger partial charge in [0, 0.05) is 37.1 Å². The number of pyridine rings is 1. The Morgan fingerprint density at radius 3 is 2.74 bits per heavy atom. The molecule has 140 valence electrons. The molecule has 3 aromatic rings. The van der Waals surface area contributed by atoms with E-state index in [1.165, 1.54) is 6.26 Å². The number of aryl methyl sites for hydroxylation is 3. The summed E-state index contributed by atoms with van der Waals surface area (Å²) in [6, 6.07) is 6.79. The van der Waals surface area contributed by atoms with Crippen molar-refractivity contribution in [3.05, 3.63) is 47.3 Å². The highest BCUT2D eigenvalue weighted by Crippen LogP contribution is 2.31. The largest absolute Gasteiger partial charge is 0.308 e. The number of amides is 1. The summed E-state index contributed by atoms with van der Waals surface area (Å²) in [5, 5.41) is 5.20. The van der Waals surface area contributed by atoms with Crippen LogP contribution in [-0.2, 0) is 23.3 Å². The number of anilines is 1. The summed E-state index contributed by atoms with van der Waals surface area (Å²) in [5.74, 6) is -0.138. The summed E-state index contributed by atoms with van der Waals surface area (Å²) in [6.07, 6.45) is 4.30. The lowest BCUT2D eigenvalue weighted by atomic mass is 10.0. The Balaban J connectivity index is 1.75. The summed E-state index contributed by atoms with van der Waals surface area (Å²) >= 11 is 0. The molecule has 0 spiro atoms. The molecule has 7 nitrogen and oxygen atoms in total. The number of hydrogen-bond acceptors (Lipinski definition) is 5. The van der Waals surface area contributed by atoms with Gasteiger partial charge >= 0.3 is 0 Å². The lowest BCUT2D eigenvalue weighted by Crippen LogP contribution is -2.35. The van der Waals surface area contributed by atoms with Crippen molar-refractivity contribution in [1.29, 1.82) is 0 Å². The maximum Gasteiger partial charge on any atom is 0.259 e. The highest BCUT2D eigenvalue weighted by atomic mass is 32.2. The van der Waals surface area contributed by atoms with Crippen LogP contribution in [0.25, 0.3) is 11.0 Å². The highest BCUT2D eigenvalue weighted by Gasteiger charge is 2.25. The predicted molar refractivity (Wildman–Crippen MR) is 103 cm³/mol. The van der Waals surface area contributed by atoms with Crippen molar-refractivity contribution in [1.82, 2.24) is 14.8 Å². The van der Waals surface area contributed by atoms with Gasteiger partial charge < -0.3 is 4.90 Å². The summed E-state index contributed by atoms with van der Waals surface area (Å²) in [5.41, 5.74) is 3.71. The zero-order valence-electron chi connectivity index (χ0n) is 15.4. The van der Waals surface area contributed by atoms with E-state index in [1.54, 1.807) is 34.0 Å². The minimum absolute atomic E-state index is 0.138. The monoisotopic (exact) mass is 384 g/mol. The van der Waals surface area contributed by atoms with E-state index in [0.29, 0.717) is 12.1 Å². The standard InChI is InChI=1S/C19H20N4O3S/c1-12-16-10-14(11-20-18(16)22(2)21-12)19(24)23-8-4-5-13-9-15(27(3,25)26)6-7-17(13)23/h6-7,9-11H,4-5,8H2,1-3H3. The molecule has 0 fully saturated rings. The quantitative estimate of drug-likeness (QED) is 0.677. The van der Waals surface area contributed by atoms with Crippen LogP contribution in [0.2, 0.25) is 0 Å². The Labute approximate surface area is 157 Å². The van der Waals surface area contributed by atoms with Gasteiger partial charge in [-0.25, -0.2) is 13.4 Å². The number of rotatable bonds is 2. The number of nitrogens with zero attached hydrogens (tertiary/aromatic N) is 4. The minimum Gasteiger partial charge on any atom is -0.308 e. The van der Waals surface area contributed by atoms with Gasteiger partial charge in [-0.3, -0.25) is 9.48 Å². The van der Waals surface area contributed by atoms with Crippen LogP contribution < -0.4 is 4.90 Å². The van der Waals surface area contributed by atoms with Gasteiger partial charge in [-0.1, -0.05) is 0 Å². The second kappa shape index (κ2) is 6.16. The van der Waals surface area contributed by atoms with Crippen LogP contribution in [0.5, 0.6) is 0 Å². The number of fused-ring (bicyclic) bond motifs is 2. The lowest BCUT2D eigenvalue weighted by molar-refractivity contribution is 0.0985. The Morgan fingerprint density at radius 2 is 2.00 bits per heavy atom. The van der Waals surface area contributed by atoms with Crippen molar-refractivity contribution in [2.75, 3.05) is 17.7 Å². The molecule has 0 N–H and O–H groups in total. The van der Waals surface area contributed by atoms with Crippen LogP contribution in [0, 0.1) is 6.92 Å². The van der Waals surface area contributed by atoms with E-state index >= 15 is 0 Å². The van der Waals surface area contributed by atoms with E-state index in [9.17, 15) is 13.2 Å². The highest BCUT2D eigenvalue weighted by molar-refractivity contribution is 7.90. The van der Waals surface area contributed by atoms with Gasteiger partial charge in [0.05, 0.1) is 16.2 Å². The van der Waals surface area contributed by atoms with E-state index in [-0.39, 0.29) is 10.8 Å². The Kier molecular flexibility index (Phi) is 4.03. The van der Waals surface area contributed by atoms with Crippen LogP contribution in [0.3, 0.4) is 0 Å². The van der Waals surface area contributed by atoms with E-state index in [4.69, 9.17) is 0 Å². The van der Waals surface area contributed by atoms with Gasteiger partial charge in [-0.15, -0.1) is 0 Å². The van der Waals surface area contributed by atoms with E-state index in [0.717, 1.165) is 40.8 Å². The summed E-state index contributed by atoms with van der Waals surface area (Å²) in [6.45, 7) is 2.48. The van der Waals surface area contributed by atoms with E-state index < -0.39 is 9.84 Å². The molecule has 0 bridgehead atoms. The Hall–Kier alpha value is -2.74. The molecule has 0 saturated heterocycles. The zero-order chi connectivity index (χ0) is 19.3. The number of carbonyl (C=O) groups is 1. The smallest absolute Gasteiger partial charge is 0.259 e. The van der Waals surface area contributed by atoms with E-state index in [2.05, 4.69) is 10.1 Å².